The molecule has 1 aromatic heterocycles. The number of anilines is 2. The predicted molar refractivity (Wildman–Crippen MR) is 113 cm³/mol. The van der Waals surface area contributed by atoms with Crippen LogP contribution in [0.15, 0.2) is 51.4 Å². The number of phenols is 1. The summed E-state index contributed by atoms with van der Waals surface area (Å²) in [4.78, 5) is 35.8. The monoisotopic (exact) mass is 401 g/mol. The van der Waals surface area contributed by atoms with E-state index < -0.39 is 10.9 Å². The van der Waals surface area contributed by atoms with Crippen molar-refractivity contribution in [2.24, 2.45) is 0 Å². The molecule has 0 aliphatic carbocycles. The zero-order valence-corrected chi connectivity index (χ0v) is 17.0. The zero-order valence-electron chi connectivity index (χ0n) is 16.1. The van der Waals surface area contributed by atoms with Crippen LogP contribution in [0.1, 0.15) is 28.2 Å². The fourth-order valence-corrected chi connectivity index (χ4v) is 3.16. The summed E-state index contributed by atoms with van der Waals surface area (Å²) in [7, 11) is 4.99. The van der Waals surface area contributed by atoms with Gasteiger partial charge < -0.3 is 20.6 Å². The molecule has 1 heterocycles. The van der Waals surface area contributed by atoms with Crippen molar-refractivity contribution < 1.29 is 9.90 Å². The molecule has 0 radical (unpaired) electrons. The van der Waals surface area contributed by atoms with Crippen LogP contribution in [0.4, 0.5) is 11.4 Å². The summed E-state index contributed by atoms with van der Waals surface area (Å²) in [6.45, 7) is 1.96. The van der Waals surface area contributed by atoms with E-state index >= 15 is 0 Å². The van der Waals surface area contributed by atoms with Crippen molar-refractivity contribution in [2.45, 2.75) is 13.0 Å². The Labute approximate surface area is 166 Å². The van der Waals surface area contributed by atoms with Crippen LogP contribution in [0.2, 0.25) is 0 Å². The second-order valence-electron chi connectivity index (χ2n) is 6.28. The molecule has 3 aromatic rings. The lowest BCUT2D eigenvalue weighted by molar-refractivity contribution is 0.0824. The highest BCUT2D eigenvalue weighted by Crippen LogP contribution is 2.27. The molecule has 28 heavy (non-hydrogen) atoms. The van der Waals surface area contributed by atoms with Gasteiger partial charge in [0, 0.05) is 32.1 Å². The maximum absolute atomic E-state index is 11.6. The van der Waals surface area contributed by atoms with Gasteiger partial charge in [-0.15, -0.1) is 11.3 Å². The van der Waals surface area contributed by atoms with E-state index in [1.807, 2.05) is 24.4 Å². The molecule has 0 aliphatic heterocycles. The lowest BCUT2D eigenvalue weighted by Gasteiger charge is -2.13. The maximum atomic E-state index is 11.6. The van der Waals surface area contributed by atoms with Gasteiger partial charge in [0.2, 0.25) is 10.9 Å². The summed E-state index contributed by atoms with van der Waals surface area (Å²) >= 11 is 1.62. The quantitative estimate of drug-likeness (QED) is 0.449. The Balaban J connectivity index is 0.000000200. The molecule has 2 aromatic carbocycles. The molecule has 8 heteroatoms. The molecule has 0 spiro atoms. The number of nitrogens with one attached hydrogen (secondary N) is 2. The van der Waals surface area contributed by atoms with Crippen molar-refractivity contribution in [3.8, 4) is 5.75 Å². The number of carbonyl (C=O) groups is 1. The van der Waals surface area contributed by atoms with Crippen LogP contribution in [0, 0.1) is 0 Å². The van der Waals surface area contributed by atoms with Crippen LogP contribution < -0.4 is 21.5 Å². The fraction of sp³-hybridized carbons (Fsp3) is 0.250. The number of rotatable bonds is 5. The molecule has 0 bridgehead atoms. The Kier molecular flexibility index (Phi) is 6.94. The number of phenolic OH excluding ortho intramolecular Hbond substituents is 1. The molecule has 0 fully saturated rings. The van der Waals surface area contributed by atoms with Gasteiger partial charge in [0.15, 0.2) is 5.75 Å². The van der Waals surface area contributed by atoms with E-state index in [1.165, 1.54) is 11.0 Å². The van der Waals surface area contributed by atoms with Crippen LogP contribution in [-0.2, 0) is 0 Å². The maximum Gasteiger partial charge on any atom is 0.257 e. The van der Waals surface area contributed by atoms with E-state index in [-0.39, 0.29) is 17.7 Å². The third-order valence-electron chi connectivity index (χ3n) is 4.03. The second-order valence-corrected chi connectivity index (χ2v) is 7.26. The summed E-state index contributed by atoms with van der Waals surface area (Å²) in [5.74, 6) is -0.215. The Morgan fingerprint density at radius 3 is 2.36 bits per heavy atom. The number of thiophene rings is 1. The van der Waals surface area contributed by atoms with Gasteiger partial charge in [-0.2, -0.15) is 0 Å². The summed E-state index contributed by atoms with van der Waals surface area (Å²) in [6, 6.07) is 10.4. The van der Waals surface area contributed by atoms with Gasteiger partial charge in [-0.05, 0) is 30.5 Å². The molecule has 3 N–H and O–H groups in total. The molecular weight excluding hydrogens is 378 g/mol. The van der Waals surface area contributed by atoms with Crippen LogP contribution >= 0.6 is 11.3 Å². The third kappa shape index (κ3) is 4.77. The van der Waals surface area contributed by atoms with Crippen molar-refractivity contribution in [3.05, 3.63) is 72.7 Å². The number of hydrogen-bond donors (Lipinski definition) is 3. The van der Waals surface area contributed by atoms with E-state index in [0.29, 0.717) is 16.9 Å². The third-order valence-corrected chi connectivity index (χ3v) is 5.08. The Morgan fingerprint density at radius 2 is 1.86 bits per heavy atom. The summed E-state index contributed by atoms with van der Waals surface area (Å²) < 4.78 is 0. The first-order valence-corrected chi connectivity index (χ1v) is 9.45. The smallest absolute Gasteiger partial charge is 0.257 e. The molecular formula is C20H23N3O4S. The number of amides is 1. The van der Waals surface area contributed by atoms with E-state index in [4.69, 9.17) is 0 Å². The standard InChI is InChI=1S/C10H14N2O2.C10H9NO2S/c1-11-8-6-4-5-7(9(8)13)10(14)12(2)3;1-6(9-3-2-4-14-9)11-7-5-8(12)10(7)13/h4-6,11,13H,1-3H3;2-6,11H,1H3/t;6-/m.1/s1. The van der Waals surface area contributed by atoms with Gasteiger partial charge in [0.25, 0.3) is 5.91 Å². The van der Waals surface area contributed by atoms with Crippen molar-refractivity contribution in [1.29, 1.82) is 0 Å². The predicted octanol–water partition coefficient (Wildman–Crippen LogP) is 2.65. The molecule has 0 unspecified atom stereocenters. The Bertz CT molecular complexity index is 1010. The molecule has 0 saturated carbocycles. The Hall–Kier alpha value is -3.13. The topological polar surface area (TPSA) is 98.7 Å². The fourth-order valence-electron chi connectivity index (χ4n) is 2.43. The number of hydrogen-bond acceptors (Lipinski definition) is 7. The molecule has 7 nitrogen and oxygen atoms in total. The minimum Gasteiger partial charge on any atom is -0.505 e. The number of benzene rings is 1. The van der Waals surface area contributed by atoms with Crippen molar-refractivity contribution >= 4 is 28.6 Å². The highest BCUT2D eigenvalue weighted by atomic mass is 32.1. The first-order chi connectivity index (χ1) is 13.3. The van der Waals surface area contributed by atoms with Crippen LogP contribution in [0.3, 0.4) is 0 Å². The van der Waals surface area contributed by atoms with Gasteiger partial charge in [-0.1, -0.05) is 12.1 Å². The average Bonchev–Trinajstić information content (AvgIpc) is 3.22. The van der Waals surface area contributed by atoms with Gasteiger partial charge in [-0.3, -0.25) is 14.4 Å². The van der Waals surface area contributed by atoms with Gasteiger partial charge in [0.1, 0.15) is 0 Å². The summed E-state index contributed by atoms with van der Waals surface area (Å²) in [5, 5.41) is 17.5. The first kappa shape index (κ1) is 21.2. The highest BCUT2D eigenvalue weighted by molar-refractivity contribution is 7.10. The molecule has 148 valence electrons. The van der Waals surface area contributed by atoms with Crippen LogP contribution in [0.25, 0.3) is 0 Å². The Morgan fingerprint density at radius 1 is 1.14 bits per heavy atom. The average molecular weight is 401 g/mol. The van der Waals surface area contributed by atoms with E-state index in [9.17, 15) is 19.5 Å². The second kappa shape index (κ2) is 9.18. The van der Waals surface area contributed by atoms with Crippen LogP contribution in [-0.4, -0.2) is 37.1 Å². The number of nitrogens with zero attached hydrogens (tertiary/aromatic N) is 1. The number of carbonyl (C=O) groups excluding carboxylic acids is 1. The van der Waals surface area contributed by atoms with E-state index in [1.54, 1.807) is 50.7 Å². The minimum atomic E-state index is -0.411. The lowest BCUT2D eigenvalue weighted by Crippen LogP contribution is -2.33. The van der Waals surface area contributed by atoms with Gasteiger partial charge in [-0.25, -0.2) is 0 Å². The largest absolute Gasteiger partial charge is 0.505 e. The molecule has 0 aliphatic rings. The van der Waals surface area contributed by atoms with Crippen molar-refractivity contribution in [2.75, 3.05) is 31.8 Å². The lowest BCUT2D eigenvalue weighted by atomic mass is 10.1. The normalized spacial score (nSPS) is 11.3. The molecule has 3 rings (SSSR count). The molecule has 1 amide bonds. The number of para-hydroxylation sites is 1. The minimum absolute atomic E-state index is 0.00583. The van der Waals surface area contributed by atoms with E-state index in [0.717, 1.165) is 4.88 Å². The summed E-state index contributed by atoms with van der Waals surface area (Å²) in [5.41, 5.74) is 0.467. The number of aromatic hydroxyl groups is 1. The van der Waals surface area contributed by atoms with Crippen molar-refractivity contribution in [1.82, 2.24) is 4.90 Å². The molecule has 1 atom stereocenters. The first-order valence-electron chi connectivity index (χ1n) is 8.58. The van der Waals surface area contributed by atoms with Gasteiger partial charge >= 0.3 is 0 Å². The molecule has 0 saturated heterocycles. The van der Waals surface area contributed by atoms with Gasteiger partial charge in [0.05, 0.1) is 23.0 Å². The van der Waals surface area contributed by atoms with Crippen molar-refractivity contribution in [3.63, 3.8) is 0 Å². The highest BCUT2D eigenvalue weighted by Gasteiger charge is 2.15. The SMILES string of the molecule is CNc1cccc(C(=O)N(C)C)c1O.C[C@@H](Nc1cc(=O)c1=O)c1cccs1. The van der Waals surface area contributed by atoms with Crippen LogP contribution in [0.5, 0.6) is 5.75 Å². The summed E-state index contributed by atoms with van der Waals surface area (Å²) in [6.07, 6.45) is 0. The van der Waals surface area contributed by atoms with E-state index in [2.05, 4.69) is 10.6 Å². The zero-order chi connectivity index (χ0) is 20.8.